The molecule has 0 radical (unpaired) electrons. The molecule has 0 aliphatic rings. The number of furan rings is 1. The van der Waals surface area contributed by atoms with Crippen molar-refractivity contribution in [1.29, 1.82) is 0 Å². The quantitative estimate of drug-likeness (QED) is 0.495. The lowest BCUT2D eigenvalue weighted by atomic mass is 10.1. The van der Waals surface area contributed by atoms with E-state index in [-0.39, 0.29) is 5.97 Å². The van der Waals surface area contributed by atoms with Gasteiger partial charge in [-0.05, 0) is 25.5 Å². The summed E-state index contributed by atoms with van der Waals surface area (Å²) in [7, 11) is 0. The van der Waals surface area contributed by atoms with Gasteiger partial charge in [-0.15, -0.1) is 12.6 Å². The highest BCUT2D eigenvalue weighted by Crippen LogP contribution is 2.33. The average Bonchev–Trinajstić information content (AvgIpc) is 2.77. The number of ether oxygens (including phenoxy) is 1. The van der Waals surface area contributed by atoms with E-state index in [4.69, 9.17) is 21.4 Å². The molecule has 1 aromatic rings. The summed E-state index contributed by atoms with van der Waals surface area (Å²) in [4.78, 5) is 12.1. The lowest BCUT2D eigenvalue weighted by molar-refractivity contribution is -0.146. The smallest absolute Gasteiger partial charge is 0.322 e. The van der Waals surface area contributed by atoms with E-state index < -0.39 is 4.75 Å². The maximum absolute atomic E-state index is 12.1. The molecule has 0 aliphatic carbocycles. The molecule has 6 heteroatoms. The molecule has 0 saturated carbocycles. The number of esters is 1. The molecule has 0 N–H and O–H groups in total. The maximum Gasteiger partial charge on any atom is 0.322 e. The minimum absolute atomic E-state index is 0.290. The molecule has 0 fully saturated rings. The Hall–Kier alpha value is -0.460. The standard InChI is InChI=1S/C12H16O3S3/c1-3-6-15-10(13)12(2,18-11(16)17)8-9-5-4-7-14-9/h4-5,7H,3,6,8H2,1-2H3,(H,16,17). The minimum atomic E-state index is -0.800. The average molecular weight is 304 g/mol. The van der Waals surface area contributed by atoms with Crippen LogP contribution in [0.4, 0.5) is 0 Å². The van der Waals surface area contributed by atoms with Gasteiger partial charge in [0, 0.05) is 6.42 Å². The first-order valence-corrected chi connectivity index (χ1v) is 7.26. The van der Waals surface area contributed by atoms with Gasteiger partial charge in [-0.1, -0.05) is 30.9 Å². The van der Waals surface area contributed by atoms with Crippen LogP contribution >= 0.6 is 36.6 Å². The minimum Gasteiger partial charge on any atom is -0.469 e. The van der Waals surface area contributed by atoms with E-state index in [1.54, 1.807) is 19.3 Å². The zero-order valence-corrected chi connectivity index (χ0v) is 12.9. The fourth-order valence-electron chi connectivity index (χ4n) is 1.44. The van der Waals surface area contributed by atoms with Crippen molar-refractivity contribution in [3.8, 4) is 0 Å². The van der Waals surface area contributed by atoms with Crippen LogP contribution in [0.2, 0.25) is 0 Å². The number of hydrogen-bond donors (Lipinski definition) is 1. The van der Waals surface area contributed by atoms with Crippen molar-refractivity contribution < 1.29 is 13.9 Å². The van der Waals surface area contributed by atoms with Crippen molar-refractivity contribution in [2.24, 2.45) is 0 Å². The SMILES string of the molecule is CCCOC(=O)C(C)(Cc1ccco1)SC(=S)S. The second kappa shape index (κ2) is 7.21. The van der Waals surface area contributed by atoms with E-state index in [1.807, 2.05) is 13.0 Å². The fourth-order valence-corrected chi connectivity index (χ4v) is 3.33. The summed E-state index contributed by atoms with van der Waals surface area (Å²) in [6.45, 7) is 4.15. The normalized spacial score (nSPS) is 13.9. The number of carbonyl (C=O) groups excluding carboxylic acids is 1. The summed E-state index contributed by atoms with van der Waals surface area (Å²) in [6.07, 6.45) is 2.79. The third-order valence-corrected chi connectivity index (χ3v) is 3.73. The van der Waals surface area contributed by atoms with Crippen LogP contribution < -0.4 is 0 Å². The number of rotatable bonds is 6. The highest BCUT2D eigenvalue weighted by molar-refractivity contribution is 8.42. The summed E-state index contributed by atoms with van der Waals surface area (Å²) in [5.74, 6) is 0.435. The van der Waals surface area contributed by atoms with E-state index in [2.05, 4.69) is 12.6 Å². The Bertz CT molecular complexity index is 403. The molecule has 1 rings (SSSR count). The van der Waals surface area contributed by atoms with E-state index >= 15 is 0 Å². The summed E-state index contributed by atoms with van der Waals surface area (Å²) in [5.41, 5.74) is 0. The zero-order valence-electron chi connectivity index (χ0n) is 10.3. The Labute approximate surface area is 122 Å². The van der Waals surface area contributed by atoms with Crippen LogP contribution in [0.3, 0.4) is 0 Å². The van der Waals surface area contributed by atoms with Crippen LogP contribution in [0.15, 0.2) is 22.8 Å². The molecule has 1 heterocycles. The predicted octanol–water partition coefficient (Wildman–Crippen LogP) is 3.48. The Balaban J connectivity index is 2.80. The molecule has 3 nitrogen and oxygen atoms in total. The van der Waals surface area contributed by atoms with Crippen molar-refractivity contribution in [2.45, 2.75) is 31.4 Å². The Kier molecular flexibility index (Phi) is 6.25. The van der Waals surface area contributed by atoms with Crippen LogP contribution in [0, 0.1) is 0 Å². The van der Waals surface area contributed by atoms with E-state index in [9.17, 15) is 4.79 Å². The molecular formula is C12H16O3S3. The molecule has 1 atom stereocenters. The molecular weight excluding hydrogens is 288 g/mol. The summed E-state index contributed by atoms with van der Waals surface area (Å²) in [6, 6.07) is 3.62. The van der Waals surface area contributed by atoms with Crippen molar-refractivity contribution in [3.63, 3.8) is 0 Å². The monoisotopic (exact) mass is 304 g/mol. The van der Waals surface area contributed by atoms with Gasteiger partial charge in [-0.25, -0.2) is 0 Å². The second-order valence-electron chi connectivity index (χ2n) is 3.99. The van der Waals surface area contributed by atoms with Crippen LogP contribution in [-0.4, -0.2) is 20.9 Å². The topological polar surface area (TPSA) is 39.4 Å². The zero-order chi connectivity index (χ0) is 13.6. The first-order valence-electron chi connectivity index (χ1n) is 5.59. The van der Waals surface area contributed by atoms with Gasteiger partial charge in [0.15, 0.2) is 0 Å². The third kappa shape index (κ3) is 4.66. The summed E-state index contributed by atoms with van der Waals surface area (Å²) < 4.78 is 10.1. The van der Waals surface area contributed by atoms with E-state index in [0.29, 0.717) is 16.6 Å². The van der Waals surface area contributed by atoms with Crippen LogP contribution in [0.25, 0.3) is 0 Å². The molecule has 0 amide bonds. The summed E-state index contributed by atoms with van der Waals surface area (Å²) in [5, 5.41) is 0. The Morgan fingerprint density at radius 2 is 2.39 bits per heavy atom. The predicted molar refractivity (Wildman–Crippen MR) is 81.2 cm³/mol. The van der Waals surface area contributed by atoms with Gasteiger partial charge in [0.05, 0.1) is 12.9 Å². The lowest BCUT2D eigenvalue weighted by Gasteiger charge is -2.25. The Morgan fingerprint density at radius 1 is 1.67 bits per heavy atom. The van der Waals surface area contributed by atoms with Crippen LogP contribution in [-0.2, 0) is 16.0 Å². The summed E-state index contributed by atoms with van der Waals surface area (Å²) >= 11 is 10.3. The molecule has 100 valence electrons. The number of thiol groups is 1. The highest BCUT2D eigenvalue weighted by Gasteiger charge is 2.37. The molecule has 0 aromatic carbocycles. The fraction of sp³-hybridized carbons (Fsp3) is 0.500. The van der Waals surface area contributed by atoms with Crippen LogP contribution in [0.5, 0.6) is 0 Å². The maximum atomic E-state index is 12.1. The van der Waals surface area contributed by atoms with Gasteiger partial charge in [0.2, 0.25) is 0 Å². The molecule has 0 spiro atoms. The number of thioether (sulfide) groups is 1. The van der Waals surface area contributed by atoms with Crippen molar-refractivity contribution in [3.05, 3.63) is 24.2 Å². The molecule has 1 unspecified atom stereocenters. The van der Waals surface area contributed by atoms with Gasteiger partial charge in [-0.3, -0.25) is 4.79 Å². The third-order valence-electron chi connectivity index (χ3n) is 2.27. The van der Waals surface area contributed by atoms with Crippen molar-refractivity contribution in [2.75, 3.05) is 6.61 Å². The van der Waals surface area contributed by atoms with Crippen molar-refractivity contribution >= 4 is 46.1 Å². The molecule has 0 saturated heterocycles. The number of thiocarbonyl (C=S) groups is 1. The molecule has 0 bridgehead atoms. The van der Waals surface area contributed by atoms with Gasteiger partial charge in [0.1, 0.15) is 14.0 Å². The van der Waals surface area contributed by atoms with E-state index in [0.717, 1.165) is 12.2 Å². The molecule has 18 heavy (non-hydrogen) atoms. The lowest BCUT2D eigenvalue weighted by Crippen LogP contribution is -2.36. The van der Waals surface area contributed by atoms with Crippen molar-refractivity contribution in [1.82, 2.24) is 0 Å². The number of carbonyl (C=O) groups is 1. The number of hydrogen-bond acceptors (Lipinski definition) is 5. The van der Waals surface area contributed by atoms with Gasteiger partial charge in [-0.2, -0.15) is 0 Å². The van der Waals surface area contributed by atoms with Crippen LogP contribution in [0.1, 0.15) is 26.0 Å². The highest BCUT2D eigenvalue weighted by atomic mass is 32.2. The van der Waals surface area contributed by atoms with E-state index in [1.165, 1.54) is 11.8 Å². The van der Waals surface area contributed by atoms with Gasteiger partial charge in [0.25, 0.3) is 0 Å². The first kappa shape index (κ1) is 15.6. The largest absolute Gasteiger partial charge is 0.469 e. The second-order valence-corrected chi connectivity index (χ2v) is 7.22. The molecule has 0 aliphatic heterocycles. The molecule has 1 aromatic heterocycles. The Morgan fingerprint density at radius 3 is 2.89 bits per heavy atom. The van der Waals surface area contributed by atoms with Gasteiger partial charge >= 0.3 is 5.97 Å². The first-order chi connectivity index (χ1) is 8.48. The van der Waals surface area contributed by atoms with Gasteiger partial charge < -0.3 is 9.15 Å².